The molecule has 1 fully saturated rings. The molecule has 3 aromatic carbocycles. The summed E-state index contributed by atoms with van der Waals surface area (Å²) in [4.78, 5) is 25.3. The number of hydrogen-bond acceptors (Lipinski definition) is 6. The summed E-state index contributed by atoms with van der Waals surface area (Å²) in [6, 6.07) is 19.0. The fourth-order valence-corrected chi connectivity index (χ4v) is 6.87. The van der Waals surface area contributed by atoms with Crippen molar-refractivity contribution in [2.45, 2.75) is 32.9 Å². The molecule has 6 rings (SSSR count). The smallest absolute Gasteiger partial charge is 0.163 e. The zero-order chi connectivity index (χ0) is 26.2. The van der Waals surface area contributed by atoms with Crippen molar-refractivity contribution >= 4 is 33.0 Å². The highest BCUT2D eigenvalue weighted by Crippen LogP contribution is 2.32. The van der Waals surface area contributed by atoms with E-state index in [0.717, 1.165) is 57.1 Å². The van der Waals surface area contributed by atoms with Crippen LogP contribution in [0.4, 0.5) is 4.39 Å². The summed E-state index contributed by atoms with van der Waals surface area (Å²) in [6.07, 6.45) is 1.46. The molecule has 38 heavy (non-hydrogen) atoms. The minimum atomic E-state index is -0.251. The molecule has 0 saturated carbocycles. The van der Waals surface area contributed by atoms with Crippen LogP contribution < -0.4 is 4.74 Å². The molecule has 4 aromatic rings. The number of ketones is 1. The Morgan fingerprint density at radius 1 is 1.13 bits per heavy atom. The molecule has 0 radical (unpaired) electrons. The third-order valence-electron chi connectivity index (χ3n) is 7.56. The first kappa shape index (κ1) is 24.9. The Balaban J connectivity index is 1.18. The number of aromatic nitrogens is 1. The third kappa shape index (κ3) is 4.88. The van der Waals surface area contributed by atoms with Gasteiger partial charge in [0.15, 0.2) is 5.78 Å². The van der Waals surface area contributed by atoms with Gasteiger partial charge in [-0.1, -0.05) is 37.3 Å². The van der Waals surface area contributed by atoms with Crippen LogP contribution in [0.3, 0.4) is 0 Å². The van der Waals surface area contributed by atoms with Crippen LogP contribution in [-0.4, -0.2) is 41.6 Å². The standard InChI is InChI=1S/C31H30FN3O2S/c1-19-12-20(17-35(16-19)18-24-25(32)6-5-8-28(24)37-2)13-27(36)21-10-11-22-15-33-30(23(22)14-21)31-34-26-7-3-4-9-29(26)38-31/h3-11,14,19-20H,12-13,15-18H2,1-2H3/t19-,20-/m0/s1. The Morgan fingerprint density at radius 2 is 2.00 bits per heavy atom. The number of aliphatic imine (C=N–C) groups is 1. The lowest BCUT2D eigenvalue weighted by Crippen LogP contribution is -2.40. The zero-order valence-electron chi connectivity index (χ0n) is 21.6. The predicted octanol–water partition coefficient (Wildman–Crippen LogP) is 6.53. The number of piperidine rings is 1. The molecule has 0 spiro atoms. The van der Waals surface area contributed by atoms with Gasteiger partial charge in [0, 0.05) is 42.7 Å². The summed E-state index contributed by atoms with van der Waals surface area (Å²) in [5.41, 5.74) is 5.30. The van der Waals surface area contributed by atoms with E-state index in [4.69, 9.17) is 14.7 Å². The van der Waals surface area contributed by atoms with Crippen molar-refractivity contribution in [1.29, 1.82) is 0 Å². The molecule has 0 aliphatic carbocycles. The third-order valence-corrected chi connectivity index (χ3v) is 8.61. The number of nitrogens with zero attached hydrogens (tertiary/aromatic N) is 3. The topological polar surface area (TPSA) is 54.8 Å². The van der Waals surface area contributed by atoms with Crippen molar-refractivity contribution in [3.63, 3.8) is 0 Å². The molecule has 0 N–H and O–H groups in total. The largest absolute Gasteiger partial charge is 0.496 e. The Bertz CT molecular complexity index is 1510. The van der Waals surface area contributed by atoms with E-state index in [1.807, 2.05) is 36.4 Å². The molecule has 2 atom stereocenters. The second-order valence-electron chi connectivity index (χ2n) is 10.5. The van der Waals surface area contributed by atoms with Gasteiger partial charge in [-0.3, -0.25) is 14.7 Å². The molecular formula is C31H30FN3O2S. The van der Waals surface area contributed by atoms with Gasteiger partial charge >= 0.3 is 0 Å². The predicted molar refractivity (Wildman–Crippen MR) is 150 cm³/mol. The van der Waals surface area contributed by atoms with Crippen LogP contribution in [-0.2, 0) is 13.1 Å². The summed E-state index contributed by atoms with van der Waals surface area (Å²) in [7, 11) is 1.57. The molecule has 2 aliphatic heterocycles. The van der Waals surface area contributed by atoms with Crippen molar-refractivity contribution in [3.05, 3.63) is 93.7 Å². The second-order valence-corrected chi connectivity index (χ2v) is 11.5. The lowest BCUT2D eigenvalue weighted by atomic mass is 9.85. The number of thiazole rings is 1. The molecule has 0 unspecified atom stereocenters. The van der Waals surface area contributed by atoms with Gasteiger partial charge in [0.1, 0.15) is 22.3 Å². The van der Waals surface area contributed by atoms with Gasteiger partial charge in [-0.05, 0) is 54.2 Å². The molecule has 2 aliphatic rings. The molecule has 3 heterocycles. The summed E-state index contributed by atoms with van der Waals surface area (Å²) in [6.45, 7) is 4.94. The van der Waals surface area contributed by atoms with E-state index in [2.05, 4.69) is 17.9 Å². The summed E-state index contributed by atoms with van der Waals surface area (Å²) in [5, 5.41) is 0.898. The first-order chi connectivity index (χ1) is 18.5. The zero-order valence-corrected chi connectivity index (χ0v) is 22.4. The average Bonchev–Trinajstić information content (AvgIpc) is 3.53. The SMILES string of the molecule is COc1cccc(F)c1CN1C[C@@H](C)C[C@@H](CC(=O)c2ccc3c(c2)C(c2nc4ccccc4s2)=NC3)C1. The van der Waals surface area contributed by atoms with Gasteiger partial charge in [-0.2, -0.15) is 0 Å². The van der Waals surface area contributed by atoms with Crippen LogP contribution in [0.25, 0.3) is 10.2 Å². The highest BCUT2D eigenvalue weighted by atomic mass is 32.1. The first-order valence-electron chi connectivity index (χ1n) is 13.1. The monoisotopic (exact) mass is 527 g/mol. The van der Waals surface area contributed by atoms with Crippen LogP contribution in [0.2, 0.25) is 0 Å². The van der Waals surface area contributed by atoms with Gasteiger partial charge in [0.05, 0.1) is 23.9 Å². The van der Waals surface area contributed by atoms with Gasteiger partial charge in [0.25, 0.3) is 0 Å². The van der Waals surface area contributed by atoms with Gasteiger partial charge in [-0.25, -0.2) is 9.37 Å². The number of carbonyl (C=O) groups is 1. The maximum absolute atomic E-state index is 14.6. The maximum Gasteiger partial charge on any atom is 0.163 e. The first-order valence-corrected chi connectivity index (χ1v) is 13.9. The summed E-state index contributed by atoms with van der Waals surface area (Å²) < 4.78 is 21.1. The van der Waals surface area contributed by atoms with Crippen molar-refractivity contribution in [2.24, 2.45) is 16.8 Å². The average molecular weight is 528 g/mol. The second kappa shape index (κ2) is 10.4. The Morgan fingerprint density at radius 3 is 2.84 bits per heavy atom. The van der Waals surface area contributed by atoms with E-state index in [1.165, 1.54) is 6.07 Å². The van der Waals surface area contributed by atoms with Crippen molar-refractivity contribution in [1.82, 2.24) is 9.88 Å². The van der Waals surface area contributed by atoms with Crippen LogP contribution in [0.15, 0.2) is 65.7 Å². The molecule has 7 heteroatoms. The number of benzene rings is 3. The minimum Gasteiger partial charge on any atom is -0.496 e. The Kier molecular flexibility index (Phi) is 6.80. The summed E-state index contributed by atoms with van der Waals surface area (Å²) in [5.74, 6) is 1.11. The lowest BCUT2D eigenvalue weighted by Gasteiger charge is -2.36. The highest BCUT2D eigenvalue weighted by Gasteiger charge is 2.29. The van der Waals surface area contributed by atoms with Gasteiger partial charge < -0.3 is 4.74 Å². The number of halogens is 1. The van der Waals surface area contributed by atoms with Crippen LogP contribution in [0, 0.1) is 17.7 Å². The molecule has 1 saturated heterocycles. The van der Waals surface area contributed by atoms with E-state index in [0.29, 0.717) is 36.7 Å². The Labute approximate surface area is 226 Å². The lowest BCUT2D eigenvalue weighted by molar-refractivity contribution is 0.0856. The number of likely N-dealkylation sites (tertiary alicyclic amines) is 1. The normalized spacial score (nSPS) is 19.4. The van der Waals surface area contributed by atoms with Gasteiger partial charge in [0.2, 0.25) is 0 Å². The Hall–Kier alpha value is -3.42. The van der Waals surface area contributed by atoms with E-state index >= 15 is 0 Å². The number of hydrogen-bond donors (Lipinski definition) is 0. The number of carbonyl (C=O) groups excluding carboxylic acids is 1. The van der Waals surface area contributed by atoms with Crippen LogP contribution in [0.1, 0.15) is 51.8 Å². The highest BCUT2D eigenvalue weighted by molar-refractivity contribution is 7.20. The number of Topliss-reactive ketones (excluding diaryl/α,β-unsaturated/α-hetero) is 1. The number of rotatable bonds is 7. The van der Waals surface area contributed by atoms with E-state index in [-0.39, 0.29) is 17.5 Å². The fraction of sp³-hybridized carbons (Fsp3) is 0.323. The van der Waals surface area contributed by atoms with E-state index in [1.54, 1.807) is 30.6 Å². The number of ether oxygens (including phenoxy) is 1. The molecular weight excluding hydrogens is 497 g/mol. The molecule has 194 valence electrons. The quantitative estimate of drug-likeness (QED) is 0.257. The van der Waals surface area contributed by atoms with Crippen molar-refractivity contribution in [3.8, 4) is 5.75 Å². The fourth-order valence-electron chi connectivity index (χ4n) is 5.88. The summed E-state index contributed by atoms with van der Waals surface area (Å²) >= 11 is 1.64. The van der Waals surface area contributed by atoms with E-state index in [9.17, 15) is 9.18 Å². The number of methoxy groups -OCH3 is 1. The van der Waals surface area contributed by atoms with E-state index < -0.39 is 0 Å². The molecule has 0 bridgehead atoms. The molecule has 5 nitrogen and oxygen atoms in total. The minimum absolute atomic E-state index is 0.144. The van der Waals surface area contributed by atoms with Crippen LogP contribution >= 0.6 is 11.3 Å². The van der Waals surface area contributed by atoms with Crippen LogP contribution in [0.5, 0.6) is 5.75 Å². The number of para-hydroxylation sites is 1. The molecule has 1 aromatic heterocycles. The van der Waals surface area contributed by atoms with Crippen molar-refractivity contribution < 1.29 is 13.9 Å². The van der Waals surface area contributed by atoms with Gasteiger partial charge in [-0.15, -0.1) is 11.3 Å². The van der Waals surface area contributed by atoms with Crippen molar-refractivity contribution in [2.75, 3.05) is 20.2 Å². The molecule has 0 amide bonds. The maximum atomic E-state index is 14.6. The number of fused-ring (bicyclic) bond motifs is 2.